The number of aliphatic hydroxyl groups is 3. The number of quaternary nitrogens is 1. The molecule has 0 aliphatic carbocycles. The second-order valence-electron chi connectivity index (χ2n) is 18.4. The molecule has 62 heavy (non-hydrogen) atoms. The van der Waals surface area contributed by atoms with Gasteiger partial charge in [0.25, 0.3) is 0 Å². The molecule has 14 heteroatoms. The molecule has 0 aromatic rings. The molecule has 0 aromatic heterocycles. The van der Waals surface area contributed by atoms with Gasteiger partial charge in [0.1, 0.15) is 19.8 Å². The van der Waals surface area contributed by atoms with E-state index in [1.54, 1.807) is 12.2 Å². The minimum absolute atomic E-state index is 0.0103. The first kappa shape index (κ1) is 58.3. The number of rotatable bonds is 40. The minimum Gasteiger partial charge on any atom is -0.462 e. The van der Waals surface area contributed by atoms with Gasteiger partial charge in [-0.15, -0.1) is 0 Å². The van der Waals surface area contributed by atoms with Crippen molar-refractivity contribution >= 4 is 19.8 Å². The molecule has 7 atom stereocenters. The molecule has 0 aromatic carbocycles. The van der Waals surface area contributed by atoms with Crippen LogP contribution in [0.5, 0.6) is 0 Å². The molecule has 0 spiro atoms. The summed E-state index contributed by atoms with van der Waals surface area (Å²) in [6.45, 7) is 4.03. The molecule has 1 aliphatic rings. The Morgan fingerprint density at radius 2 is 1.29 bits per heavy atom. The molecule has 1 rings (SSSR count). The van der Waals surface area contributed by atoms with Gasteiger partial charge in [0.05, 0.1) is 46.1 Å². The van der Waals surface area contributed by atoms with Gasteiger partial charge in [-0.1, -0.05) is 160 Å². The minimum atomic E-state index is -4.44. The van der Waals surface area contributed by atoms with Crippen molar-refractivity contribution in [2.75, 3.05) is 47.5 Å². The number of likely N-dealkylation sites (N-methyl/N-ethyl adjacent to an activating group) is 1. The van der Waals surface area contributed by atoms with Crippen LogP contribution >= 0.6 is 7.82 Å². The maximum atomic E-state index is 12.8. The zero-order chi connectivity index (χ0) is 45.9. The molecule has 0 saturated carbocycles. The Hall–Kier alpha value is -1.67. The fraction of sp³-hybridized carbons (Fsp3) is 0.875. The molecule has 1 fully saturated rings. The third kappa shape index (κ3) is 33.8. The van der Waals surface area contributed by atoms with Crippen molar-refractivity contribution in [3.8, 4) is 0 Å². The zero-order valence-electron chi connectivity index (χ0n) is 39.6. The summed E-state index contributed by atoms with van der Waals surface area (Å²) in [6, 6.07) is 0. The standard InChI is InChI=1S/C48H90NO12P/c1-6-8-10-11-12-13-14-15-16-17-18-19-20-21-22-23-29-33-47(53)60-42(40-59-62(55,56)58-37-36-49(3,4)5)39-57-46(52)32-28-25-24-27-31-43-44(51)38-48(54)61-45(43)35-34-41(50)30-26-9-7-2/h24,27,34-35,41-45,48,50-51,54H,6-23,25-26,28-33,36-40H2,1-5H3/p+1/b27-24-,35-34+/t41-,42+,43-,44-,45+,48?/m0/s1. The molecular weight excluding hydrogens is 813 g/mol. The fourth-order valence-corrected chi connectivity index (χ4v) is 8.09. The molecular formula is C48H91NO12P+. The van der Waals surface area contributed by atoms with Crippen LogP contribution in [0.1, 0.15) is 187 Å². The number of nitrogens with zero attached hydrogens (tertiary/aromatic N) is 1. The van der Waals surface area contributed by atoms with Gasteiger partial charge in [-0.05, 0) is 32.1 Å². The monoisotopic (exact) mass is 905 g/mol. The largest absolute Gasteiger partial charge is 0.472 e. The van der Waals surface area contributed by atoms with E-state index in [0.29, 0.717) is 43.1 Å². The van der Waals surface area contributed by atoms with Gasteiger partial charge in [-0.25, -0.2) is 4.57 Å². The van der Waals surface area contributed by atoms with Crippen LogP contribution in [0.2, 0.25) is 0 Å². The molecule has 0 bridgehead atoms. The van der Waals surface area contributed by atoms with Crippen LogP contribution in [0.25, 0.3) is 0 Å². The van der Waals surface area contributed by atoms with Gasteiger partial charge in [-0.2, -0.15) is 0 Å². The van der Waals surface area contributed by atoms with E-state index in [1.807, 2.05) is 33.3 Å². The van der Waals surface area contributed by atoms with Crippen LogP contribution in [-0.4, -0.2) is 115 Å². The highest BCUT2D eigenvalue weighted by atomic mass is 31.2. The van der Waals surface area contributed by atoms with Crippen molar-refractivity contribution in [2.24, 2.45) is 5.92 Å². The first-order chi connectivity index (χ1) is 29.7. The topological polar surface area (TPSA) is 178 Å². The fourth-order valence-electron chi connectivity index (χ4n) is 7.35. The summed E-state index contributed by atoms with van der Waals surface area (Å²) < 4.78 is 40.0. The van der Waals surface area contributed by atoms with Crippen molar-refractivity contribution in [3.05, 3.63) is 24.3 Å². The quantitative estimate of drug-likeness (QED) is 0.0151. The SMILES string of the molecule is CCCCCCCCCCCCCCCCCCCC(=O)O[C@H](COC(=O)CCC/C=C\C[C@H]1[C@@H](O)CC(O)O[C@@H]1/C=C/[C@@H](O)CCCCC)COP(=O)(O)OCC[N+](C)(C)C. The van der Waals surface area contributed by atoms with E-state index in [1.165, 1.54) is 83.5 Å². The number of hydrogen-bond acceptors (Lipinski definition) is 11. The molecule has 0 amide bonds. The smallest absolute Gasteiger partial charge is 0.462 e. The number of ether oxygens (including phenoxy) is 3. The molecule has 4 N–H and O–H groups in total. The molecule has 1 heterocycles. The number of carbonyl (C=O) groups is 2. The second-order valence-corrected chi connectivity index (χ2v) is 19.8. The Balaban J connectivity index is 2.47. The van der Waals surface area contributed by atoms with E-state index in [4.69, 9.17) is 23.3 Å². The predicted octanol–water partition coefficient (Wildman–Crippen LogP) is 10.0. The number of hydrogen-bond donors (Lipinski definition) is 4. The maximum absolute atomic E-state index is 12.8. The van der Waals surface area contributed by atoms with Gasteiger partial charge in [0.15, 0.2) is 12.4 Å². The normalized spacial score (nSPS) is 20.4. The van der Waals surface area contributed by atoms with Crippen molar-refractivity contribution in [2.45, 2.75) is 218 Å². The van der Waals surface area contributed by atoms with Crippen LogP contribution < -0.4 is 0 Å². The lowest BCUT2D eigenvalue weighted by Gasteiger charge is -2.36. The Morgan fingerprint density at radius 3 is 1.87 bits per heavy atom. The first-order valence-corrected chi connectivity index (χ1v) is 26.0. The lowest BCUT2D eigenvalue weighted by atomic mass is 9.87. The van der Waals surface area contributed by atoms with E-state index < -0.39 is 57.1 Å². The molecule has 364 valence electrons. The summed E-state index contributed by atoms with van der Waals surface area (Å²) in [5, 5.41) is 31.0. The van der Waals surface area contributed by atoms with E-state index in [9.17, 15) is 34.4 Å². The number of allylic oxidation sites excluding steroid dienone is 2. The summed E-state index contributed by atoms with van der Waals surface area (Å²) >= 11 is 0. The van der Waals surface area contributed by atoms with Crippen LogP contribution in [0.4, 0.5) is 0 Å². The average Bonchev–Trinajstić information content (AvgIpc) is 3.20. The number of aliphatic hydroxyl groups excluding tert-OH is 3. The lowest BCUT2D eigenvalue weighted by molar-refractivity contribution is -0.870. The molecule has 1 aliphatic heterocycles. The summed E-state index contributed by atoms with van der Waals surface area (Å²) in [5.74, 6) is -1.29. The van der Waals surface area contributed by atoms with Crippen molar-refractivity contribution in [1.29, 1.82) is 0 Å². The lowest BCUT2D eigenvalue weighted by Crippen LogP contribution is -2.43. The first-order valence-electron chi connectivity index (χ1n) is 24.5. The van der Waals surface area contributed by atoms with Gasteiger partial charge in [-0.3, -0.25) is 18.6 Å². The zero-order valence-corrected chi connectivity index (χ0v) is 40.5. The van der Waals surface area contributed by atoms with Crippen LogP contribution in [0, 0.1) is 5.92 Å². The Bertz CT molecular complexity index is 1230. The predicted molar refractivity (Wildman–Crippen MR) is 246 cm³/mol. The van der Waals surface area contributed by atoms with Crippen LogP contribution in [-0.2, 0) is 37.4 Å². The van der Waals surface area contributed by atoms with Gasteiger partial charge in [0.2, 0.25) is 0 Å². The summed E-state index contributed by atoms with van der Waals surface area (Å²) in [7, 11) is 1.33. The number of esters is 2. The average molecular weight is 905 g/mol. The van der Waals surface area contributed by atoms with Crippen LogP contribution in [0.15, 0.2) is 24.3 Å². The summed E-state index contributed by atoms with van der Waals surface area (Å²) in [5.41, 5.74) is 0. The Kier molecular flexibility index (Phi) is 34.4. The molecule has 13 nitrogen and oxygen atoms in total. The highest BCUT2D eigenvalue weighted by Gasteiger charge is 2.35. The van der Waals surface area contributed by atoms with Crippen LogP contribution in [0.3, 0.4) is 0 Å². The van der Waals surface area contributed by atoms with Crippen molar-refractivity contribution in [1.82, 2.24) is 0 Å². The number of unbranched alkanes of at least 4 members (excludes halogenated alkanes) is 19. The van der Waals surface area contributed by atoms with E-state index in [-0.39, 0.29) is 38.4 Å². The van der Waals surface area contributed by atoms with Gasteiger partial charge >= 0.3 is 19.8 Å². The summed E-state index contributed by atoms with van der Waals surface area (Å²) in [4.78, 5) is 35.7. The third-order valence-corrected chi connectivity index (χ3v) is 12.3. The molecule has 0 radical (unpaired) electrons. The van der Waals surface area contributed by atoms with Crippen molar-refractivity contribution in [3.63, 3.8) is 0 Å². The second kappa shape index (κ2) is 36.5. The highest BCUT2D eigenvalue weighted by Crippen LogP contribution is 2.43. The van der Waals surface area contributed by atoms with Crippen molar-refractivity contribution < 1.29 is 62.1 Å². The van der Waals surface area contributed by atoms with Gasteiger partial charge < -0.3 is 38.9 Å². The number of phosphoric ester groups is 1. The van der Waals surface area contributed by atoms with E-state index in [0.717, 1.165) is 38.5 Å². The maximum Gasteiger partial charge on any atom is 0.472 e. The summed E-state index contributed by atoms with van der Waals surface area (Å²) in [6.07, 6.45) is 29.8. The Labute approximate surface area is 376 Å². The van der Waals surface area contributed by atoms with E-state index >= 15 is 0 Å². The number of phosphoric acid groups is 1. The molecule has 2 unspecified atom stereocenters. The van der Waals surface area contributed by atoms with Gasteiger partial charge in [0, 0.05) is 25.2 Å². The number of carbonyl (C=O) groups excluding carboxylic acids is 2. The molecule has 1 saturated heterocycles. The van der Waals surface area contributed by atoms with E-state index in [2.05, 4.69) is 13.8 Å². The third-order valence-electron chi connectivity index (χ3n) is 11.3. The Morgan fingerprint density at radius 1 is 0.742 bits per heavy atom. The highest BCUT2D eigenvalue weighted by molar-refractivity contribution is 7.47.